The Morgan fingerprint density at radius 1 is 1.27 bits per heavy atom. The molecule has 82 valence electrons. The second-order valence-corrected chi connectivity index (χ2v) is 4.27. The summed E-state index contributed by atoms with van der Waals surface area (Å²) >= 11 is 0. The van der Waals surface area contributed by atoms with E-state index < -0.39 is 0 Å². The van der Waals surface area contributed by atoms with Crippen LogP contribution in [0.5, 0.6) is 0 Å². The Balaban J connectivity index is 2.81. The van der Waals surface area contributed by atoms with Gasteiger partial charge in [0.05, 0.1) is 0 Å². The van der Waals surface area contributed by atoms with Crippen molar-refractivity contribution in [3.63, 3.8) is 0 Å². The first kappa shape index (κ1) is 12.0. The van der Waals surface area contributed by atoms with Gasteiger partial charge in [-0.1, -0.05) is 50.3 Å². The van der Waals surface area contributed by atoms with Gasteiger partial charge in [-0.2, -0.15) is 0 Å². The molecule has 1 aromatic rings. The van der Waals surface area contributed by atoms with E-state index in [1.807, 2.05) is 0 Å². The summed E-state index contributed by atoms with van der Waals surface area (Å²) in [5, 5.41) is 0. The fourth-order valence-electron chi connectivity index (χ4n) is 1.67. The second-order valence-electron chi connectivity index (χ2n) is 4.27. The SMILES string of the molecule is CC(C)CC(=CCCN)c1ccccc1. The third kappa shape index (κ3) is 4.30. The molecular weight excluding hydrogens is 182 g/mol. The molecule has 0 aliphatic heterocycles. The van der Waals surface area contributed by atoms with Gasteiger partial charge in [-0.3, -0.25) is 0 Å². The number of nitrogens with two attached hydrogens (primary N) is 1. The van der Waals surface area contributed by atoms with Crippen molar-refractivity contribution in [2.24, 2.45) is 11.7 Å². The molecule has 0 aliphatic rings. The van der Waals surface area contributed by atoms with Gasteiger partial charge in [0, 0.05) is 0 Å². The topological polar surface area (TPSA) is 26.0 Å². The molecule has 1 nitrogen and oxygen atoms in total. The van der Waals surface area contributed by atoms with Crippen molar-refractivity contribution in [3.05, 3.63) is 42.0 Å². The highest BCUT2D eigenvalue weighted by atomic mass is 14.5. The molecule has 1 rings (SSSR count). The normalized spacial score (nSPS) is 12.1. The molecule has 0 saturated carbocycles. The maximum Gasteiger partial charge on any atom is -0.00424 e. The van der Waals surface area contributed by atoms with Gasteiger partial charge >= 0.3 is 0 Å². The standard InChI is InChI=1S/C14H21N/c1-12(2)11-14(9-6-10-15)13-7-4-3-5-8-13/h3-5,7-9,12H,6,10-11,15H2,1-2H3. The summed E-state index contributed by atoms with van der Waals surface area (Å²) in [6.07, 6.45) is 4.37. The third-order valence-corrected chi connectivity index (χ3v) is 2.33. The zero-order valence-electron chi connectivity index (χ0n) is 9.74. The molecule has 0 amide bonds. The van der Waals surface area contributed by atoms with Crippen molar-refractivity contribution in [2.45, 2.75) is 26.7 Å². The summed E-state index contributed by atoms with van der Waals surface area (Å²) in [6, 6.07) is 10.6. The van der Waals surface area contributed by atoms with Crippen molar-refractivity contribution < 1.29 is 0 Å². The zero-order valence-corrected chi connectivity index (χ0v) is 9.74. The lowest BCUT2D eigenvalue weighted by Crippen LogP contribution is -1.98. The minimum atomic E-state index is 0.689. The number of hydrogen-bond acceptors (Lipinski definition) is 1. The first-order chi connectivity index (χ1) is 7.24. The van der Waals surface area contributed by atoms with Crippen molar-refractivity contribution in [3.8, 4) is 0 Å². The molecule has 0 radical (unpaired) electrons. The molecule has 0 spiro atoms. The largest absolute Gasteiger partial charge is 0.330 e. The first-order valence-electron chi connectivity index (χ1n) is 5.68. The van der Waals surface area contributed by atoms with Crippen LogP contribution in [0.2, 0.25) is 0 Å². The Hall–Kier alpha value is -1.08. The predicted octanol–water partition coefficient (Wildman–Crippen LogP) is 3.46. The van der Waals surface area contributed by atoms with Crippen LogP contribution < -0.4 is 5.73 Å². The maximum atomic E-state index is 5.54. The van der Waals surface area contributed by atoms with E-state index in [2.05, 4.69) is 50.3 Å². The highest BCUT2D eigenvalue weighted by Gasteiger charge is 2.03. The predicted molar refractivity (Wildman–Crippen MR) is 67.5 cm³/mol. The second kappa shape index (κ2) is 6.41. The van der Waals surface area contributed by atoms with E-state index in [-0.39, 0.29) is 0 Å². The molecule has 0 unspecified atom stereocenters. The average molecular weight is 203 g/mol. The lowest BCUT2D eigenvalue weighted by molar-refractivity contribution is 0.672. The van der Waals surface area contributed by atoms with Crippen molar-refractivity contribution in [1.29, 1.82) is 0 Å². The first-order valence-corrected chi connectivity index (χ1v) is 5.68. The molecule has 1 heteroatoms. The van der Waals surface area contributed by atoms with Gasteiger partial charge in [-0.15, -0.1) is 0 Å². The van der Waals surface area contributed by atoms with Gasteiger partial charge in [0.2, 0.25) is 0 Å². The molecular formula is C14H21N. The van der Waals surface area contributed by atoms with Crippen molar-refractivity contribution in [2.75, 3.05) is 6.54 Å². The lowest BCUT2D eigenvalue weighted by atomic mass is 9.95. The van der Waals surface area contributed by atoms with E-state index in [0.717, 1.165) is 19.4 Å². The van der Waals surface area contributed by atoms with Crippen LogP contribution in [0.15, 0.2) is 36.4 Å². The number of allylic oxidation sites excluding steroid dienone is 1. The average Bonchev–Trinajstić information content (AvgIpc) is 2.25. The van der Waals surface area contributed by atoms with E-state index in [1.165, 1.54) is 11.1 Å². The monoisotopic (exact) mass is 203 g/mol. The van der Waals surface area contributed by atoms with E-state index >= 15 is 0 Å². The summed E-state index contributed by atoms with van der Waals surface area (Å²) < 4.78 is 0. The smallest absolute Gasteiger partial charge is 0.00424 e. The number of rotatable bonds is 5. The van der Waals surface area contributed by atoms with Crippen LogP contribution in [-0.4, -0.2) is 6.54 Å². The number of benzene rings is 1. The third-order valence-electron chi connectivity index (χ3n) is 2.33. The highest BCUT2D eigenvalue weighted by molar-refractivity contribution is 5.65. The van der Waals surface area contributed by atoms with E-state index in [1.54, 1.807) is 0 Å². The molecule has 0 atom stereocenters. The number of hydrogen-bond donors (Lipinski definition) is 1. The molecule has 0 aromatic heterocycles. The fourth-order valence-corrected chi connectivity index (χ4v) is 1.67. The summed E-state index contributed by atoms with van der Waals surface area (Å²) in [4.78, 5) is 0. The Morgan fingerprint density at radius 3 is 2.47 bits per heavy atom. The van der Waals surface area contributed by atoms with E-state index in [0.29, 0.717) is 5.92 Å². The van der Waals surface area contributed by atoms with Crippen LogP contribution in [0.1, 0.15) is 32.3 Å². The Bertz CT molecular complexity index is 298. The van der Waals surface area contributed by atoms with Crippen LogP contribution in [-0.2, 0) is 0 Å². The quantitative estimate of drug-likeness (QED) is 0.779. The molecule has 2 N–H and O–H groups in total. The molecule has 1 aromatic carbocycles. The van der Waals surface area contributed by atoms with Gasteiger partial charge in [-0.25, -0.2) is 0 Å². The van der Waals surface area contributed by atoms with Crippen LogP contribution in [0.4, 0.5) is 0 Å². The minimum absolute atomic E-state index is 0.689. The molecule has 15 heavy (non-hydrogen) atoms. The van der Waals surface area contributed by atoms with Crippen molar-refractivity contribution in [1.82, 2.24) is 0 Å². The summed E-state index contributed by atoms with van der Waals surface area (Å²) in [6.45, 7) is 5.23. The Kier molecular flexibility index (Phi) is 5.13. The Labute approximate surface area is 93.0 Å². The van der Waals surface area contributed by atoms with Gasteiger partial charge in [-0.05, 0) is 36.4 Å². The van der Waals surface area contributed by atoms with Gasteiger partial charge in [0.1, 0.15) is 0 Å². The van der Waals surface area contributed by atoms with E-state index in [4.69, 9.17) is 5.73 Å². The molecule has 0 bridgehead atoms. The highest BCUT2D eigenvalue weighted by Crippen LogP contribution is 2.22. The van der Waals surface area contributed by atoms with Crippen LogP contribution in [0.3, 0.4) is 0 Å². The van der Waals surface area contributed by atoms with Crippen LogP contribution in [0.25, 0.3) is 5.57 Å². The van der Waals surface area contributed by atoms with Crippen LogP contribution in [0, 0.1) is 5.92 Å². The summed E-state index contributed by atoms with van der Waals surface area (Å²) in [7, 11) is 0. The molecule has 0 aliphatic carbocycles. The molecule has 0 saturated heterocycles. The molecule has 0 fully saturated rings. The van der Waals surface area contributed by atoms with Crippen molar-refractivity contribution >= 4 is 5.57 Å². The summed E-state index contributed by atoms with van der Waals surface area (Å²) in [5.74, 6) is 0.689. The van der Waals surface area contributed by atoms with Crippen LogP contribution >= 0.6 is 0 Å². The van der Waals surface area contributed by atoms with Gasteiger partial charge < -0.3 is 5.73 Å². The fraction of sp³-hybridized carbons (Fsp3) is 0.429. The van der Waals surface area contributed by atoms with Gasteiger partial charge in [0.25, 0.3) is 0 Å². The lowest BCUT2D eigenvalue weighted by Gasteiger charge is -2.10. The van der Waals surface area contributed by atoms with E-state index in [9.17, 15) is 0 Å². The Morgan fingerprint density at radius 2 is 1.93 bits per heavy atom. The maximum absolute atomic E-state index is 5.54. The zero-order chi connectivity index (χ0) is 11.1. The minimum Gasteiger partial charge on any atom is -0.330 e. The van der Waals surface area contributed by atoms with Gasteiger partial charge in [0.15, 0.2) is 0 Å². The molecule has 0 heterocycles. The summed E-state index contributed by atoms with van der Waals surface area (Å²) in [5.41, 5.74) is 8.30.